The van der Waals surface area contributed by atoms with Gasteiger partial charge in [0.05, 0.1) is 15.0 Å². The predicted octanol–water partition coefficient (Wildman–Crippen LogP) is 3.37. The first-order chi connectivity index (χ1) is 9.49. The largest absolute Gasteiger partial charge is 0.326 e. The second kappa shape index (κ2) is 6.32. The first-order valence-corrected chi connectivity index (χ1v) is 7.86. The number of anilines is 2. The SMILES string of the molecule is CC[C@H](Br)C(=O)Nc1nc2ccc(NC(C)=O)cc2s1. The smallest absolute Gasteiger partial charge is 0.239 e. The lowest BCUT2D eigenvalue weighted by atomic mass is 10.3. The summed E-state index contributed by atoms with van der Waals surface area (Å²) in [6.07, 6.45) is 0.712. The van der Waals surface area contributed by atoms with Gasteiger partial charge in [-0.05, 0) is 24.6 Å². The predicted molar refractivity (Wildman–Crippen MR) is 85.6 cm³/mol. The van der Waals surface area contributed by atoms with Crippen LogP contribution >= 0.6 is 27.3 Å². The van der Waals surface area contributed by atoms with Crippen LogP contribution in [0.25, 0.3) is 10.2 Å². The fourth-order valence-electron chi connectivity index (χ4n) is 1.63. The first kappa shape index (κ1) is 14.9. The second-order valence-corrected chi connectivity index (χ2v) is 6.38. The van der Waals surface area contributed by atoms with Crippen molar-refractivity contribution in [1.82, 2.24) is 4.98 Å². The van der Waals surface area contributed by atoms with Gasteiger partial charge in [-0.15, -0.1) is 0 Å². The summed E-state index contributed by atoms with van der Waals surface area (Å²) < 4.78 is 0.911. The molecule has 7 heteroatoms. The Morgan fingerprint density at radius 2 is 2.15 bits per heavy atom. The number of carbonyl (C=O) groups excluding carboxylic acids is 2. The molecule has 5 nitrogen and oxygen atoms in total. The summed E-state index contributed by atoms with van der Waals surface area (Å²) in [6.45, 7) is 3.39. The van der Waals surface area contributed by atoms with Crippen molar-refractivity contribution in [3.05, 3.63) is 18.2 Å². The van der Waals surface area contributed by atoms with Crippen molar-refractivity contribution in [3.63, 3.8) is 0 Å². The Kier molecular flexibility index (Phi) is 4.72. The van der Waals surface area contributed by atoms with E-state index in [1.165, 1.54) is 18.3 Å². The summed E-state index contributed by atoms with van der Waals surface area (Å²) in [5.74, 6) is -0.221. The highest BCUT2D eigenvalue weighted by Gasteiger charge is 2.14. The number of benzene rings is 1. The highest BCUT2D eigenvalue weighted by Crippen LogP contribution is 2.28. The van der Waals surface area contributed by atoms with Crippen molar-refractivity contribution in [2.24, 2.45) is 0 Å². The fourth-order valence-corrected chi connectivity index (χ4v) is 2.65. The summed E-state index contributed by atoms with van der Waals surface area (Å²) in [7, 11) is 0. The van der Waals surface area contributed by atoms with E-state index in [1.54, 1.807) is 6.07 Å². The zero-order chi connectivity index (χ0) is 14.7. The van der Waals surface area contributed by atoms with Gasteiger partial charge in [-0.2, -0.15) is 0 Å². The van der Waals surface area contributed by atoms with Gasteiger partial charge in [-0.3, -0.25) is 9.59 Å². The molecular weight excluding hydrogens is 342 g/mol. The standard InChI is InChI=1S/C13H14BrN3O2S/c1-3-9(14)12(19)17-13-16-10-5-4-8(15-7(2)18)6-11(10)20-13/h4-6,9H,3H2,1-2H3,(H,15,18)(H,16,17,19)/t9-/m0/s1. The molecule has 0 spiro atoms. The van der Waals surface area contributed by atoms with Crippen molar-refractivity contribution in [3.8, 4) is 0 Å². The number of carbonyl (C=O) groups is 2. The molecule has 0 aliphatic heterocycles. The Bertz CT molecular complexity index is 656. The highest BCUT2D eigenvalue weighted by atomic mass is 79.9. The topological polar surface area (TPSA) is 71.1 Å². The molecule has 0 radical (unpaired) electrons. The summed E-state index contributed by atoms with van der Waals surface area (Å²) >= 11 is 4.68. The molecule has 1 heterocycles. The third-order valence-corrected chi connectivity index (χ3v) is 4.58. The second-order valence-electron chi connectivity index (χ2n) is 4.25. The Hall–Kier alpha value is -1.47. The normalized spacial score (nSPS) is 12.2. The number of aromatic nitrogens is 1. The summed E-state index contributed by atoms with van der Waals surface area (Å²) in [4.78, 5) is 26.9. The molecule has 1 aromatic carbocycles. The number of fused-ring (bicyclic) bond motifs is 1. The number of thiazole rings is 1. The number of halogens is 1. The van der Waals surface area contributed by atoms with E-state index in [0.29, 0.717) is 11.6 Å². The summed E-state index contributed by atoms with van der Waals surface area (Å²) in [5, 5.41) is 6.05. The van der Waals surface area contributed by atoms with Gasteiger partial charge in [0.1, 0.15) is 0 Å². The molecule has 0 saturated carbocycles. The number of hydrogen-bond acceptors (Lipinski definition) is 4. The van der Waals surface area contributed by atoms with E-state index in [1.807, 2.05) is 19.1 Å². The van der Waals surface area contributed by atoms with Gasteiger partial charge in [0.15, 0.2) is 5.13 Å². The molecule has 0 bridgehead atoms. The van der Waals surface area contributed by atoms with E-state index in [4.69, 9.17) is 0 Å². The van der Waals surface area contributed by atoms with Gasteiger partial charge in [0.2, 0.25) is 11.8 Å². The van der Waals surface area contributed by atoms with E-state index in [2.05, 4.69) is 31.5 Å². The molecule has 0 fully saturated rings. The summed E-state index contributed by atoms with van der Waals surface area (Å²) in [5.41, 5.74) is 1.51. The highest BCUT2D eigenvalue weighted by molar-refractivity contribution is 9.10. The Balaban J connectivity index is 2.20. The molecule has 2 amide bonds. The maximum Gasteiger partial charge on any atom is 0.239 e. The van der Waals surface area contributed by atoms with Crippen molar-refractivity contribution >= 4 is 60.1 Å². The maximum absolute atomic E-state index is 11.8. The quantitative estimate of drug-likeness (QED) is 0.826. The molecule has 0 aliphatic rings. The van der Waals surface area contributed by atoms with Crippen LogP contribution in [0.15, 0.2) is 18.2 Å². The van der Waals surface area contributed by atoms with Crippen LogP contribution < -0.4 is 10.6 Å². The van der Waals surface area contributed by atoms with Gasteiger partial charge in [0, 0.05) is 12.6 Å². The zero-order valence-electron chi connectivity index (χ0n) is 11.1. The van der Waals surface area contributed by atoms with Crippen molar-refractivity contribution in [1.29, 1.82) is 0 Å². The van der Waals surface area contributed by atoms with E-state index in [9.17, 15) is 9.59 Å². The molecule has 20 heavy (non-hydrogen) atoms. The minimum absolute atomic E-state index is 0.103. The Labute approximate surface area is 128 Å². The van der Waals surface area contributed by atoms with E-state index < -0.39 is 0 Å². The monoisotopic (exact) mass is 355 g/mol. The number of rotatable bonds is 4. The molecule has 0 unspecified atom stereocenters. The molecule has 2 rings (SSSR count). The van der Waals surface area contributed by atoms with Crippen molar-refractivity contribution < 1.29 is 9.59 Å². The fraction of sp³-hybridized carbons (Fsp3) is 0.308. The minimum Gasteiger partial charge on any atom is -0.326 e. The van der Waals surface area contributed by atoms with Crippen LogP contribution in [0.4, 0.5) is 10.8 Å². The zero-order valence-corrected chi connectivity index (χ0v) is 13.5. The van der Waals surface area contributed by atoms with Crippen LogP contribution in [0.2, 0.25) is 0 Å². The minimum atomic E-state index is -0.218. The lowest BCUT2D eigenvalue weighted by molar-refractivity contribution is -0.116. The number of alkyl halides is 1. The van der Waals surface area contributed by atoms with Crippen LogP contribution in [0.1, 0.15) is 20.3 Å². The number of hydrogen-bond donors (Lipinski definition) is 2. The molecule has 0 aliphatic carbocycles. The average molecular weight is 356 g/mol. The first-order valence-electron chi connectivity index (χ1n) is 6.12. The van der Waals surface area contributed by atoms with Gasteiger partial charge in [-0.1, -0.05) is 34.2 Å². The summed E-state index contributed by atoms with van der Waals surface area (Å²) in [6, 6.07) is 5.45. The molecule has 0 saturated heterocycles. The van der Waals surface area contributed by atoms with Gasteiger partial charge in [-0.25, -0.2) is 4.98 Å². The number of nitrogens with one attached hydrogen (secondary N) is 2. The van der Waals surface area contributed by atoms with E-state index in [-0.39, 0.29) is 16.6 Å². The number of nitrogens with zero attached hydrogens (tertiary/aromatic N) is 1. The van der Waals surface area contributed by atoms with Gasteiger partial charge >= 0.3 is 0 Å². The lowest BCUT2D eigenvalue weighted by Gasteiger charge is -2.04. The van der Waals surface area contributed by atoms with Crippen LogP contribution in [-0.4, -0.2) is 21.6 Å². The average Bonchev–Trinajstić information content (AvgIpc) is 2.78. The molecule has 1 aromatic heterocycles. The molecule has 2 N–H and O–H groups in total. The molecule has 1 atom stereocenters. The van der Waals surface area contributed by atoms with Crippen LogP contribution in [-0.2, 0) is 9.59 Å². The van der Waals surface area contributed by atoms with Crippen LogP contribution in [0, 0.1) is 0 Å². The lowest BCUT2D eigenvalue weighted by Crippen LogP contribution is -2.21. The third-order valence-electron chi connectivity index (χ3n) is 2.58. The van der Waals surface area contributed by atoms with E-state index >= 15 is 0 Å². The van der Waals surface area contributed by atoms with Crippen molar-refractivity contribution in [2.75, 3.05) is 10.6 Å². The molecular formula is C13H14BrN3O2S. The Morgan fingerprint density at radius 3 is 2.80 bits per heavy atom. The van der Waals surface area contributed by atoms with Gasteiger partial charge < -0.3 is 10.6 Å². The van der Waals surface area contributed by atoms with E-state index in [0.717, 1.165) is 15.9 Å². The molecule has 2 aromatic rings. The van der Waals surface area contributed by atoms with Gasteiger partial charge in [0.25, 0.3) is 0 Å². The third kappa shape index (κ3) is 3.55. The van der Waals surface area contributed by atoms with Crippen LogP contribution in [0.3, 0.4) is 0 Å². The maximum atomic E-state index is 11.8. The number of amides is 2. The van der Waals surface area contributed by atoms with Crippen molar-refractivity contribution in [2.45, 2.75) is 25.1 Å². The molecule has 106 valence electrons. The van der Waals surface area contributed by atoms with Crippen LogP contribution in [0.5, 0.6) is 0 Å². The Morgan fingerprint density at radius 1 is 1.40 bits per heavy atom.